The lowest BCUT2D eigenvalue weighted by atomic mass is 10.1. The number of aromatic nitrogens is 2. The quantitative estimate of drug-likeness (QED) is 0.743. The van der Waals surface area contributed by atoms with Crippen molar-refractivity contribution in [3.05, 3.63) is 46.5 Å². The summed E-state index contributed by atoms with van der Waals surface area (Å²) in [7, 11) is 0. The molecule has 0 N–H and O–H groups in total. The van der Waals surface area contributed by atoms with Gasteiger partial charge in [-0.05, 0) is 12.0 Å². The Balaban J connectivity index is 2.51. The number of hydrogen-bond donors (Lipinski definition) is 0. The molecule has 0 aliphatic rings. The molecule has 0 saturated carbocycles. The van der Waals surface area contributed by atoms with Crippen LogP contribution in [-0.4, -0.2) is 9.97 Å². The van der Waals surface area contributed by atoms with Crippen LogP contribution in [0.4, 0.5) is 0 Å². The van der Waals surface area contributed by atoms with Gasteiger partial charge in [0.05, 0.1) is 5.56 Å². The highest BCUT2D eigenvalue weighted by Gasteiger charge is 2.15. The lowest BCUT2D eigenvalue weighted by Gasteiger charge is -2.11. The van der Waals surface area contributed by atoms with Crippen LogP contribution in [0.2, 0.25) is 10.3 Å². The second-order valence-electron chi connectivity index (χ2n) is 4.21. The van der Waals surface area contributed by atoms with Crippen molar-refractivity contribution in [2.24, 2.45) is 0 Å². The molecule has 1 aromatic carbocycles. The van der Waals surface area contributed by atoms with Crippen LogP contribution in [-0.2, 0) is 0 Å². The highest BCUT2D eigenvalue weighted by Crippen LogP contribution is 2.33. The zero-order valence-corrected chi connectivity index (χ0v) is 11.8. The molecule has 2 aromatic rings. The summed E-state index contributed by atoms with van der Waals surface area (Å²) < 4.78 is 0. The second kappa shape index (κ2) is 5.68. The standard InChI is InChI=1S/C14H14Cl2N2/c1-3-9(2)14-17-12(15)11(13(16)18-14)10-7-5-4-6-8-10/h4-9H,3H2,1-2H3. The van der Waals surface area contributed by atoms with E-state index in [1.807, 2.05) is 30.3 Å². The largest absolute Gasteiger partial charge is 0.220 e. The monoisotopic (exact) mass is 280 g/mol. The third kappa shape index (κ3) is 2.65. The Morgan fingerprint density at radius 1 is 1.06 bits per heavy atom. The maximum Gasteiger partial charge on any atom is 0.142 e. The van der Waals surface area contributed by atoms with Gasteiger partial charge in [-0.1, -0.05) is 67.4 Å². The number of halogens is 2. The highest BCUT2D eigenvalue weighted by molar-refractivity contribution is 6.37. The molecule has 0 saturated heterocycles. The van der Waals surface area contributed by atoms with Crippen molar-refractivity contribution in [3.63, 3.8) is 0 Å². The van der Waals surface area contributed by atoms with Gasteiger partial charge in [-0.2, -0.15) is 0 Å². The van der Waals surface area contributed by atoms with Crippen molar-refractivity contribution in [2.45, 2.75) is 26.2 Å². The van der Waals surface area contributed by atoms with Crippen molar-refractivity contribution in [3.8, 4) is 11.1 Å². The van der Waals surface area contributed by atoms with Crippen LogP contribution in [0.15, 0.2) is 30.3 Å². The molecular weight excluding hydrogens is 267 g/mol. The van der Waals surface area contributed by atoms with Gasteiger partial charge in [0.2, 0.25) is 0 Å². The smallest absolute Gasteiger partial charge is 0.142 e. The molecule has 1 unspecified atom stereocenters. The molecule has 1 heterocycles. The molecule has 0 spiro atoms. The zero-order valence-electron chi connectivity index (χ0n) is 10.3. The first-order chi connectivity index (χ1) is 8.63. The topological polar surface area (TPSA) is 25.8 Å². The van der Waals surface area contributed by atoms with Gasteiger partial charge >= 0.3 is 0 Å². The first-order valence-corrected chi connectivity index (χ1v) is 6.67. The Labute approximate surface area is 117 Å². The molecular formula is C14H14Cl2N2. The Morgan fingerprint density at radius 3 is 2.11 bits per heavy atom. The minimum absolute atomic E-state index is 0.254. The molecule has 0 amide bonds. The summed E-state index contributed by atoms with van der Waals surface area (Å²) in [5.41, 5.74) is 1.63. The van der Waals surface area contributed by atoms with Crippen molar-refractivity contribution >= 4 is 23.2 Å². The van der Waals surface area contributed by atoms with E-state index in [1.165, 1.54) is 0 Å². The lowest BCUT2D eigenvalue weighted by molar-refractivity contribution is 0.679. The summed E-state index contributed by atoms with van der Waals surface area (Å²) in [5, 5.41) is 0.827. The maximum atomic E-state index is 6.23. The van der Waals surface area contributed by atoms with Crippen LogP contribution in [0, 0.1) is 0 Å². The van der Waals surface area contributed by atoms with E-state index in [0.717, 1.165) is 12.0 Å². The van der Waals surface area contributed by atoms with E-state index < -0.39 is 0 Å². The Morgan fingerprint density at radius 2 is 1.61 bits per heavy atom. The first-order valence-electron chi connectivity index (χ1n) is 5.91. The van der Waals surface area contributed by atoms with Gasteiger partial charge in [0, 0.05) is 5.92 Å². The van der Waals surface area contributed by atoms with Crippen LogP contribution in [0.5, 0.6) is 0 Å². The Hall–Kier alpha value is -1.12. The summed E-state index contributed by atoms with van der Waals surface area (Å²) in [6, 6.07) is 9.70. The summed E-state index contributed by atoms with van der Waals surface area (Å²) in [4.78, 5) is 8.70. The molecule has 94 valence electrons. The summed E-state index contributed by atoms with van der Waals surface area (Å²) in [6.45, 7) is 4.14. The molecule has 0 bridgehead atoms. The van der Waals surface area contributed by atoms with E-state index in [-0.39, 0.29) is 5.92 Å². The number of nitrogens with zero attached hydrogens (tertiary/aromatic N) is 2. The fourth-order valence-electron chi connectivity index (χ4n) is 1.67. The summed E-state index contributed by atoms with van der Waals surface area (Å²) in [5.74, 6) is 0.956. The number of rotatable bonds is 3. The Kier molecular flexibility index (Phi) is 4.20. The summed E-state index contributed by atoms with van der Waals surface area (Å²) >= 11 is 12.5. The van der Waals surface area contributed by atoms with Gasteiger partial charge in [-0.15, -0.1) is 0 Å². The number of hydrogen-bond acceptors (Lipinski definition) is 2. The minimum Gasteiger partial charge on any atom is -0.220 e. The molecule has 1 atom stereocenters. The van der Waals surface area contributed by atoms with Crippen molar-refractivity contribution < 1.29 is 0 Å². The van der Waals surface area contributed by atoms with E-state index in [1.54, 1.807) is 0 Å². The lowest BCUT2D eigenvalue weighted by Crippen LogP contribution is -2.02. The van der Waals surface area contributed by atoms with Crippen molar-refractivity contribution in [1.82, 2.24) is 9.97 Å². The van der Waals surface area contributed by atoms with E-state index in [4.69, 9.17) is 23.2 Å². The van der Waals surface area contributed by atoms with Crippen LogP contribution < -0.4 is 0 Å². The molecule has 0 fully saturated rings. The van der Waals surface area contributed by atoms with Gasteiger partial charge in [0.1, 0.15) is 16.1 Å². The summed E-state index contributed by atoms with van der Waals surface area (Å²) in [6.07, 6.45) is 0.956. The molecule has 4 heteroatoms. The van der Waals surface area contributed by atoms with Gasteiger partial charge in [-0.25, -0.2) is 9.97 Å². The number of benzene rings is 1. The van der Waals surface area contributed by atoms with Crippen molar-refractivity contribution in [1.29, 1.82) is 0 Å². The highest BCUT2D eigenvalue weighted by atomic mass is 35.5. The predicted octanol–water partition coefficient (Wildman–Crippen LogP) is 4.96. The predicted molar refractivity (Wildman–Crippen MR) is 76.2 cm³/mol. The minimum atomic E-state index is 0.254. The SMILES string of the molecule is CCC(C)c1nc(Cl)c(-c2ccccc2)c(Cl)n1. The maximum absolute atomic E-state index is 6.23. The van der Waals surface area contributed by atoms with Gasteiger partial charge < -0.3 is 0 Å². The fraction of sp³-hybridized carbons (Fsp3) is 0.286. The van der Waals surface area contributed by atoms with Gasteiger partial charge in [-0.3, -0.25) is 0 Å². The molecule has 18 heavy (non-hydrogen) atoms. The third-order valence-corrected chi connectivity index (χ3v) is 3.50. The second-order valence-corrected chi connectivity index (χ2v) is 4.93. The van der Waals surface area contributed by atoms with E-state index in [2.05, 4.69) is 23.8 Å². The first kappa shape index (κ1) is 13.3. The molecule has 1 aromatic heterocycles. The fourth-order valence-corrected chi connectivity index (χ4v) is 2.29. The molecule has 2 nitrogen and oxygen atoms in total. The average molecular weight is 281 g/mol. The molecule has 0 aliphatic carbocycles. The van der Waals surface area contributed by atoms with E-state index in [0.29, 0.717) is 21.7 Å². The van der Waals surface area contributed by atoms with Crippen LogP contribution in [0.3, 0.4) is 0 Å². The normalized spacial score (nSPS) is 12.4. The van der Waals surface area contributed by atoms with Crippen LogP contribution in [0.1, 0.15) is 32.0 Å². The van der Waals surface area contributed by atoms with E-state index >= 15 is 0 Å². The van der Waals surface area contributed by atoms with Gasteiger partial charge in [0.15, 0.2) is 0 Å². The van der Waals surface area contributed by atoms with Crippen LogP contribution in [0.25, 0.3) is 11.1 Å². The zero-order chi connectivity index (χ0) is 13.1. The van der Waals surface area contributed by atoms with Crippen molar-refractivity contribution in [2.75, 3.05) is 0 Å². The molecule has 0 aliphatic heterocycles. The molecule has 2 rings (SSSR count). The Bertz CT molecular complexity index is 518. The van der Waals surface area contributed by atoms with Gasteiger partial charge in [0.25, 0.3) is 0 Å². The van der Waals surface area contributed by atoms with E-state index in [9.17, 15) is 0 Å². The third-order valence-electron chi connectivity index (χ3n) is 2.95. The molecule has 0 radical (unpaired) electrons. The van der Waals surface area contributed by atoms with Crippen LogP contribution >= 0.6 is 23.2 Å². The average Bonchev–Trinajstić information content (AvgIpc) is 2.38.